The summed E-state index contributed by atoms with van der Waals surface area (Å²) in [4.78, 5) is 15.4. The zero-order valence-electron chi connectivity index (χ0n) is 13.2. The quantitative estimate of drug-likeness (QED) is 0.894. The number of amides is 1. The lowest BCUT2D eigenvalue weighted by Gasteiger charge is -2.31. The normalized spacial score (nSPS) is 15.4. The van der Waals surface area contributed by atoms with Gasteiger partial charge >= 0.3 is 0 Å². The van der Waals surface area contributed by atoms with E-state index >= 15 is 0 Å². The molecule has 0 aromatic carbocycles. The Balaban J connectivity index is 0.00000192. The number of halogens is 1. The highest BCUT2D eigenvalue weighted by atomic mass is 35.5. The molecule has 5 nitrogen and oxygen atoms in total. The van der Waals surface area contributed by atoms with Crippen molar-refractivity contribution in [2.45, 2.75) is 19.3 Å². The van der Waals surface area contributed by atoms with Gasteiger partial charge in [-0.05, 0) is 50.2 Å². The number of piperidine rings is 1. The van der Waals surface area contributed by atoms with Gasteiger partial charge in [-0.15, -0.1) is 23.7 Å². The van der Waals surface area contributed by atoms with E-state index in [1.54, 1.807) is 17.4 Å². The lowest BCUT2D eigenvalue weighted by molar-refractivity contribution is 0.0677. The fourth-order valence-corrected chi connectivity index (χ4v) is 3.52. The molecule has 23 heavy (non-hydrogen) atoms. The van der Waals surface area contributed by atoms with E-state index in [9.17, 15) is 4.79 Å². The predicted octanol–water partition coefficient (Wildman–Crippen LogP) is 3.29. The van der Waals surface area contributed by atoms with Crippen LogP contribution in [0.25, 0.3) is 10.6 Å². The van der Waals surface area contributed by atoms with Crippen molar-refractivity contribution >= 4 is 29.7 Å². The molecule has 0 unspecified atom stereocenters. The van der Waals surface area contributed by atoms with Crippen molar-refractivity contribution in [2.75, 3.05) is 26.7 Å². The minimum atomic E-state index is -0.0152. The molecule has 1 saturated heterocycles. The number of nitrogens with one attached hydrogen (secondary N) is 1. The van der Waals surface area contributed by atoms with Crippen molar-refractivity contribution in [2.24, 2.45) is 5.92 Å². The fourth-order valence-electron chi connectivity index (χ4n) is 2.85. The number of hydrogen-bond donors (Lipinski definition) is 1. The number of carbonyl (C=O) groups is 1. The first-order valence-electron chi connectivity index (χ1n) is 7.72. The average molecular weight is 356 g/mol. The summed E-state index contributed by atoms with van der Waals surface area (Å²) in [6.07, 6.45) is 3.33. The number of carbonyl (C=O) groups excluding carboxylic acids is 1. The zero-order valence-corrected chi connectivity index (χ0v) is 14.8. The van der Waals surface area contributed by atoms with Crippen LogP contribution in [0.15, 0.2) is 28.1 Å². The van der Waals surface area contributed by atoms with Crippen molar-refractivity contribution in [1.29, 1.82) is 0 Å². The fraction of sp³-hybridized carbons (Fsp3) is 0.500. The number of rotatable bonds is 5. The Morgan fingerprint density at radius 2 is 2.26 bits per heavy atom. The van der Waals surface area contributed by atoms with Crippen LogP contribution in [0.2, 0.25) is 0 Å². The van der Waals surface area contributed by atoms with Gasteiger partial charge in [0, 0.05) is 19.2 Å². The minimum Gasteiger partial charge on any atom is -0.355 e. The molecule has 2 aromatic heterocycles. The van der Waals surface area contributed by atoms with E-state index in [1.807, 2.05) is 29.5 Å². The Kier molecular flexibility index (Phi) is 6.62. The maximum atomic E-state index is 12.5. The summed E-state index contributed by atoms with van der Waals surface area (Å²) in [5, 5.41) is 9.12. The minimum absolute atomic E-state index is 0. The average Bonchev–Trinajstić information content (AvgIpc) is 3.23. The number of likely N-dealkylation sites (tertiary alicyclic amines) is 1. The molecule has 2 aromatic rings. The van der Waals surface area contributed by atoms with E-state index in [-0.39, 0.29) is 18.3 Å². The molecule has 0 spiro atoms. The number of hydrogen-bond acceptors (Lipinski definition) is 5. The monoisotopic (exact) mass is 355 g/mol. The molecule has 1 amide bonds. The Labute approximate surface area is 146 Å². The molecule has 1 aliphatic heterocycles. The largest absolute Gasteiger partial charge is 0.355 e. The van der Waals surface area contributed by atoms with Gasteiger partial charge in [0.15, 0.2) is 11.5 Å². The SMILES string of the molecule is CNCCC1CCN(C(=O)c2cc(-c3cccs3)on2)CC1.Cl. The Hall–Kier alpha value is -1.37. The summed E-state index contributed by atoms with van der Waals surface area (Å²) < 4.78 is 5.30. The molecular formula is C16H22ClN3O2S. The van der Waals surface area contributed by atoms with Crippen molar-refractivity contribution in [3.05, 3.63) is 29.3 Å². The van der Waals surface area contributed by atoms with Crippen molar-refractivity contribution in [3.63, 3.8) is 0 Å². The lowest BCUT2D eigenvalue weighted by atomic mass is 9.93. The highest BCUT2D eigenvalue weighted by molar-refractivity contribution is 7.13. The number of aromatic nitrogens is 1. The topological polar surface area (TPSA) is 58.4 Å². The summed E-state index contributed by atoms with van der Waals surface area (Å²) in [7, 11) is 1.98. The molecule has 1 aliphatic rings. The Morgan fingerprint density at radius 3 is 2.91 bits per heavy atom. The first kappa shape index (κ1) is 18.0. The van der Waals surface area contributed by atoms with E-state index in [1.165, 1.54) is 6.42 Å². The van der Waals surface area contributed by atoms with Crippen molar-refractivity contribution in [3.8, 4) is 10.6 Å². The predicted molar refractivity (Wildman–Crippen MR) is 94.2 cm³/mol. The highest BCUT2D eigenvalue weighted by Gasteiger charge is 2.25. The van der Waals surface area contributed by atoms with Gasteiger partial charge in [-0.1, -0.05) is 11.2 Å². The Morgan fingerprint density at radius 1 is 1.48 bits per heavy atom. The van der Waals surface area contributed by atoms with Crippen LogP contribution in [0.1, 0.15) is 29.8 Å². The molecule has 0 bridgehead atoms. The standard InChI is InChI=1S/C16H21N3O2S.ClH/c1-17-7-4-12-5-8-19(9-6-12)16(20)13-11-14(21-18-13)15-3-2-10-22-15;/h2-3,10-12,17H,4-9H2,1H3;1H. The van der Waals surface area contributed by atoms with Crippen LogP contribution in [0.5, 0.6) is 0 Å². The third kappa shape index (κ3) is 4.34. The van der Waals surface area contributed by atoms with Crippen LogP contribution in [-0.2, 0) is 0 Å². The third-order valence-electron chi connectivity index (χ3n) is 4.20. The third-order valence-corrected chi connectivity index (χ3v) is 5.08. The van der Waals surface area contributed by atoms with Crippen LogP contribution in [-0.4, -0.2) is 42.6 Å². The molecule has 0 aliphatic carbocycles. The first-order valence-corrected chi connectivity index (χ1v) is 8.60. The summed E-state index contributed by atoms with van der Waals surface area (Å²) >= 11 is 1.58. The van der Waals surface area contributed by atoms with Gasteiger partial charge in [-0.3, -0.25) is 4.79 Å². The summed E-state index contributed by atoms with van der Waals surface area (Å²) in [6, 6.07) is 5.67. The van der Waals surface area contributed by atoms with Crippen molar-refractivity contribution in [1.82, 2.24) is 15.4 Å². The van der Waals surface area contributed by atoms with Crippen LogP contribution in [0.3, 0.4) is 0 Å². The number of thiophene rings is 1. The first-order chi connectivity index (χ1) is 10.8. The van der Waals surface area contributed by atoms with E-state index in [4.69, 9.17) is 4.52 Å². The van der Waals surface area contributed by atoms with Crippen LogP contribution < -0.4 is 5.32 Å². The van der Waals surface area contributed by atoms with E-state index in [2.05, 4.69) is 10.5 Å². The molecule has 3 heterocycles. The number of nitrogens with zero attached hydrogens (tertiary/aromatic N) is 2. The van der Waals surface area contributed by atoms with E-state index in [0.29, 0.717) is 11.5 Å². The maximum Gasteiger partial charge on any atom is 0.276 e. The van der Waals surface area contributed by atoms with Gasteiger partial charge in [0.25, 0.3) is 5.91 Å². The van der Waals surface area contributed by atoms with Gasteiger partial charge in [0.05, 0.1) is 4.88 Å². The summed E-state index contributed by atoms with van der Waals surface area (Å²) in [6.45, 7) is 2.68. The van der Waals surface area contributed by atoms with Crippen molar-refractivity contribution < 1.29 is 9.32 Å². The zero-order chi connectivity index (χ0) is 15.4. The molecule has 126 valence electrons. The molecule has 3 rings (SSSR count). The smallest absolute Gasteiger partial charge is 0.276 e. The molecule has 1 fully saturated rings. The Bertz CT molecular complexity index is 607. The second-order valence-corrected chi connectivity index (χ2v) is 6.63. The van der Waals surface area contributed by atoms with Gasteiger partial charge in [-0.25, -0.2) is 0 Å². The van der Waals surface area contributed by atoms with Crippen LogP contribution in [0.4, 0.5) is 0 Å². The summed E-state index contributed by atoms with van der Waals surface area (Å²) in [5.41, 5.74) is 0.414. The molecule has 0 saturated carbocycles. The van der Waals surface area contributed by atoms with Gasteiger partial charge < -0.3 is 14.7 Å². The summed E-state index contributed by atoms with van der Waals surface area (Å²) in [5.74, 6) is 1.37. The van der Waals surface area contributed by atoms with E-state index < -0.39 is 0 Å². The van der Waals surface area contributed by atoms with Crippen LogP contribution >= 0.6 is 23.7 Å². The maximum absolute atomic E-state index is 12.5. The van der Waals surface area contributed by atoms with Gasteiger partial charge in [0.1, 0.15) is 0 Å². The van der Waals surface area contributed by atoms with Crippen LogP contribution in [0, 0.1) is 5.92 Å². The second-order valence-electron chi connectivity index (χ2n) is 5.68. The highest BCUT2D eigenvalue weighted by Crippen LogP contribution is 2.26. The van der Waals surface area contributed by atoms with E-state index in [0.717, 1.165) is 43.3 Å². The second kappa shape index (κ2) is 8.47. The van der Waals surface area contributed by atoms with Gasteiger partial charge in [0.2, 0.25) is 0 Å². The molecule has 0 radical (unpaired) electrons. The molecule has 0 atom stereocenters. The lowest BCUT2D eigenvalue weighted by Crippen LogP contribution is -2.39. The molecular weight excluding hydrogens is 334 g/mol. The van der Waals surface area contributed by atoms with Gasteiger partial charge in [-0.2, -0.15) is 0 Å². The molecule has 7 heteroatoms. The molecule has 1 N–H and O–H groups in total.